The molecule has 3 rings (SSSR count). The summed E-state index contributed by atoms with van der Waals surface area (Å²) in [7, 11) is 0. The first-order chi connectivity index (χ1) is 9.78. The van der Waals surface area contributed by atoms with Gasteiger partial charge in [-0.2, -0.15) is 0 Å². The molecule has 1 aromatic carbocycles. The SMILES string of the molecule is Cc1oc(CN2CCCOc3ccccc32)cc1CN. The highest BCUT2D eigenvalue weighted by Crippen LogP contribution is 2.32. The number of hydrogen-bond acceptors (Lipinski definition) is 4. The molecular weight excluding hydrogens is 252 g/mol. The lowest BCUT2D eigenvalue weighted by molar-refractivity contribution is 0.322. The van der Waals surface area contributed by atoms with E-state index >= 15 is 0 Å². The monoisotopic (exact) mass is 272 g/mol. The first-order valence-electron chi connectivity index (χ1n) is 7.03. The smallest absolute Gasteiger partial charge is 0.142 e. The largest absolute Gasteiger partial charge is 0.491 e. The van der Waals surface area contributed by atoms with E-state index in [1.807, 2.05) is 25.1 Å². The first-order valence-corrected chi connectivity index (χ1v) is 7.03. The summed E-state index contributed by atoms with van der Waals surface area (Å²) in [6.45, 7) is 4.97. The molecule has 1 aliphatic rings. The Labute approximate surface area is 119 Å². The molecule has 2 heterocycles. The van der Waals surface area contributed by atoms with Gasteiger partial charge in [0.25, 0.3) is 0 Å². The van der Waals surface area contributed by atoms with Crippen LogP contribution in [0.15, 0.2) is 34.7 Å². The van der Waals surface area contributed by atoms with Gasteiger partial charge in [-0.15, -0.1) is 0 Å². The Morgan fingerprint density at radius 1 is 1.30 bits per heavy atom. The molecule has 0 unspecified atom stereocenters. The Kier molecular flexibility index (Phi) is 3.65. The molecule has 1 aromatic heterocycles. The maximum atomic E-state index is 5.80. The molecule has 2 aromatic rings. The number of rotatable bonds is 3. The first kappa shape index (κ1) is 13.1. The highest BCUT2D eigenvalue weighted by molar-refractivity contribution is 5.59. The quantitative estimate of drug-likeness (QED) is 0.933. The predicted octanol–water partition coefficient (Wildman–Crippen LogP) is 2.84. The maximum absolute atomic E-state index is 5.80. The summed E-state index contributed by atoms with van der Waals surface area (Å²) in [5, 5.41) is 0. The van der Waals surface area contributed by atoms with Crippen molar-refractivity contribution in [1.29, 1.82) is 0 Å². The molecule has 0 saturated carbocycles. The molecule has 0 amide bonds. The number of fused-ring (bicyclic) bond motifs is 1. The van der Waals surface area contributed by atoms with Crippen molar-refractivity contribution in [3.63, 3.8) is 0 Å². The number of ether oxygens (including phenoxy) is 1. The zero-order valence-electron chi connectivity index (χ0n) is 11.8. The molecule has 0 atom stereocenters. The van der Waals surface area contributed by atoms with Crippen LogP contribution in [-0.2, 0) is 13.1 Å². The Morgan fingerprint density at radius 3 is 2.95 bits per heavy atom. The molecule has 0 saturated heterocycles. The predicted molar refractivity (Wildman–Crippen MR) is 78.9 cm³/mol. The highest BCUT2D eigenvalue weighted by Gasteiger charge is 2.18. The van der Waals surface area contributed by atoms with Crippen LogP contribution in [0.3, 0.4) is 0 Å². The van der Waals surface area contributed by atoms with E-state index in [0.29, 0.717) is 6.54 Å². The molecular formula is C16H20N2O2. The van der Waals surface area contributed by atoms with E-state index in [1.54, 1.807) is 0 Å². The van der Waals surface area contributed by atoms with Gasteiger partial charge in [0.2, 0.25) is 0 Å². The van der Waals surface area contributed by atoms with Crippen LogP contribution in [-0.4, -0.2) is 13.2 Å². The number of nitrogens with two attached hydrogens (primary N) is 1. The van der Waals surface area contributed by atoms with E-state index in [9.17, 15) is 0 Å². The van der Waals surface area contributed by atoms with Gasteiger partial charge in [-0.1, -0.05) is 12.1 Å². The van der Waals surface area contributed by atoms with Crippen molar-refractivity contribution in [3.05, 3.63) is 47.4 Å². The van der Waals surface area contributed by atoms with Crippen molar-refractivity contribution in [3.8, 4) is 5.75 Å². The number of hydrogen-bond donors (Lipinski definition) is 1. The van der Waals surface area contributed by atoms with Crippen molar-refractivity contribution >= 4 is 5.69 Å². The summed E-state index contributed by atoms with van der Waals surface area (Å²) in [5.74, 6) is 2.83. The van der Waals surface area contributed by atoms with Crippen LogP contribution >= 0.6 is 0 Å². The van der Waals surface area contributed by atoms with Gasteiger partial charge in [0.05, 0.1) is 18.8 Å². The highest BCUT2D eigenvalue weighted by atomic mass is 16.5. The summed E-state index contributed by atoms with van der Waals surface area (Å²) < 4.78 is 11.6. The van der Waals surface area contributed by atoms with E-state index in [1.165, 1.54) is 0 Å². The van der Waals surface area contributed by atoms with Crippen LogP contribution in [0.25, 0.3) is 0 Å². The number of furan rings is 1. The van der Waals surface area contributed by atoms with Crippen molar-refractivity contribution in [2.75, 3.05) is 18.1 Å². The van der Waals surface area contributed by atoms with Crippen LogP contribution in [0.2, 0.25) is 0 Å². The van der Waals surface area contributed by atoms with Gasteiger partial charge in [-0.05, 0) is 31.5 Å². The zero-order valence-corrected chi connectivity index (χ0v) is 11.8. The lowest BCUT2D eigenvalue weighted by Gasteiger charge is -2.22. The molecule has 4 heteroatoms. The van der Waals surface area contributed by atoms with Crippen LogP contribution in [0.1, 0.15) is 23.5 Å². The average Bonchev–Trinajstić information content (AvgIpc) is 2.69. The summed E-state index contributed by atoms with van der Waals surface area (Å²) in [5.41, 5.74) is 7.92. The van der Waals surface area contributed by atoms with E-state index in [4.69, 9.17) is 14.9 Å². The van der Waals surface area contributed by atoms with Gasteiger partial charge in [0.15, 0.2) is 0 Å². The van der Waals surface area contributed by atoms with Crippen molar-refractivity contribution in [1.82, 2.24) is 0 Å². The third-order valence-electron chi connectivity index (χ3n) is 3.67. The fourth-order valence-electron chi connectivity index (χ4n) is 2.62. The summed E-state index contributed by atoms with van der Waals surface area (Å²) in [6, 6.07) is 10.2. The van der Waals surface area contributed by atoms with Gasteiger partial charge < -0.3 is 19.8 Å². The topological polar surface area (TPSA) is 51.6 Å². The summed E-state index contributed by atoms with van der Waals surface area (Å²) in [6.07, 6.45) is 1.01. The number of nitrogens with zero attached hydrogens (tertiary/aromatic N) is 1. The van der Waals surface area contributed by atoms with E-state index in [0.717, 1.165) is 54.6 Å². The second-order valence-electron chi connectivity index (χ2n) is 5.09. The summed E-state index contributed by atoms with van der Waals surface area (Å²) in [4.78, 5) is 2.31. The van der Waals surface area contributed by atoms with Gasteiger partial charge in [0.1, 0.15) is 17.3 Å². The molecule has 4 nitrogen and oxygen atoms in total. The molecule has 0 spiro atoms. The summed E-state index contributed by atoms with van der Waals surface area (Å²) >= 11 is 0. The van der Waals surface area contributed by atoms with Crippen LogP contribution in [0.5, 0.6) is 5.75 Å². The second-order valence-corrected chi connectivity index (χ2v) is 5.09. The fraction of sp³-hybridized carbons (Fsp3) is 0.375. The van der Waals surface area contributed by atoms with Crippen molar-refractivity contribution in [2.24, 2.45) is 5.73 Å². The van der Waals surface area contributed by atoms with Crippen molar-refractivity contribution in [2.45, 2.75) is 26.4 Å². The van der Waals surface area contributed by atoms with Crippen LogP contribution < -0.4 is 15.4 Å². The lowest BCUT2D eigenvalue weighted by atomic mass is 10.2. The lowest BCUT2D eigenvalue weighted by Crippen LogP contribution is -2.22. The van der Waals surface area contributed by atoms with Gasteiger partial charge in [-0.3, -0.25) is 0 Å². The standard InChI is InChI=1S/C16H20N2O2/c1-12-13(10-17)9-14(20-12)11-18-7-4-8-19-16-6-3-2-5-15(16)18/h2-3,5-6,9H,4,7-8,10-11,17H2,1H3. The number of aryl methyl sites for hydroxylation is 1. The maximum Gasteiger partial charge on any atom is 0.142 e. The van der Waals surface area contributed by atoms with E-state index in [-0.39, 0.29) is 0 Å². The van der Waals surface area contributed by atoms with E-state index in [2.05, 4.69) is 17.0 Å². The molecule has 2 N–H and O–H groups in total. The third-order valence-corrected chi connectivity index (χ3v) is 3.67. The van der Waals surface area contributed by atoms with Crippen molar-refractivity contribution < 1.29 is 9.15 Å². The minimum absolute atomic E-state index is 0.523. The number of para-hydroxylation sites is 2. The fourth-order valence-corrected chi connectivity index (χ4v) is 2.62. The molecule has 0 fully saturated rings. The third kappa shape index (κ3) is 2.51. The Morgan fingerprint density at radius 2 is 2.15 bits per heavy atom. The Hall–Kier alpha value is -1.94. The minimum Gasteiger partial charge on any atom is -0.491 e. The molecule has 0 aliphatic carbocycles. The number of anilines is 1. The molecule has 0 radical (unpaired) electrons. The number of benzene rings is 1. The molecule has 20 heavy (non-hydrogen) atoms. The van der Waals surface area contributed by atoms with Gasteiger partial charge >= 0.3 is 0 Å². The average molecular weight is 272 g/mol. The zero-order chi connectivity index (χ0) is 13.9. The van der Waals surface area contributed by atoms with Gasteiger partial charge in [0, 0.05) is 18.7 Å². The molecule has 1 aliphatic heterocycles. The Balaban J connectivity index is 1.86. The van der Waals surface area contributed by atoms with Gasteiger partial charge in [-0.25, -0.2) is 0 Å². The normalized spacial score (nSPS) is 14.6. The minimum atomic E-state index is 0.523. The molecule has 106 valence electrons. The van der Waals surface area contributed by atoms with Crippen LogP contribution in [0.4, 0.5) is 5.69 Å². The molecule has 0 bridgehead atoms. The second kappa shape index (κ2) is 5.59. The van der Waals surface area contributed by atoms with Crippen LogP contribution in [0, 0.1) is 6.92 Å². The Bertz CT molecular complexity index is 592. The van der Waals surface area contributed by atoms with E-state index < -0.39 is 0 Å².